The smallest absolute Gasteiger partial charge is 0.0679 e. The van der Waals surface area contributed by atoms with Gasteiger partial charge >= 0.3 is 0 Å². The van der Waals surface area contributed by atoms with Gasteiger partial charge in [-0.25, -0.2) is 0 Å². The molecule has 0 aliphatic rings. The van der Waals surface area contributed by atoms with E-state index in [9.17, 15) is 5.11 Å². The summed E-state index contributed by atoms with van der Waals surface area (Å²) in [6, 6.07) is 0. The molecule has 0 spiro atoms. The van der Waals surface area contributed by atoms with Crippen molar-refractivity contribution in [1.29, 1.82) is 0 Å². The van der Waals surface area contributed by atoms with Crippen LogP contribution in [0.2, 0.25) is 0 Å². The molecule has 0 fully saturated rings. The van der Waals surface area contributed by atoms with Gasteiger partial charge in [0.25, 0.3) is 0 Å². The zero-order valence-corrected chi connectivity index (χ0v) is 9.86. The molecule has 86 valence electrons. The van der Waals surface area contributed by atoms with Crippen LogP contribution in [0, 0.1) is 0 Å². The van der Waals surface area contributed by atoms with Crippen LogP contribution in [0.5, 0.6) is 0 Å². The van der Waals surface area contributed by atoms with Crippen LogP contribution >= 0.6 is 0 Å². The zero-order valence-electron chi connectivity index (χ0n) is 9.86. The number of aliphatic hydroxyl groups excluding tert-OH is 1. The van der Waals surface area contributed by atoms with Crippen LogP contribution in [-0.4, -0.2) is 75.5 Å². The fourth-order valence-electron chi connectivity index (χ4n) is 1.20. The Balaban J connectivity index is 3.44. The Hall–Kier alpha value is -0.160. The number of likely N-dealkylation sites (N-methyl/N-ethyl adjacent to an activating group) is 1. The lowest BCUT2D eigenvalue weighted by atomic mass is 10.2. The Labute approximate surface area is 87.5 Å². The van der Waals surface area contributed by atoms with Gasteiger partial charge in [0.2, 0.25) is 0 Å². The summed E-state index contributed by atoms with van der Waals surface area (Å²) in [5, 5.41) is 9.66. The second kappa shape index (κ2) is 8.17. The first kappa shape index (κ1) is 13.8. The Bertz CT molecular complexity index is 131. The molecule has 4 heteroatoms. The molecule has 0 amide bonds. The van der Waals surface area contributed by atoms with Crippen molar-refractivity contribution in [3.8, 4) is 0 Å². The fraction of sp³-hybridized carbons (Fsp3) is 1.00. The van der Waals surface area contributed by atoms with Crippen LogP contribution in [0.15, 0.2) is 0 Å². The quantitative estimate of drug-likeness (QED) is 0.598. The molecule has 1 unspecified atom stereocenters. The lowest BCUT2D eigenvalue weighted by molar-refractivity contribution is 0.0925. The van der Waals surface area contributed by atoms with Crippen molar-refractivity contribution < 1.29 is 9.84 Å². The van der Waals surface area contributed by atoms with Gasteiger partial charge in [-0.1, -0.05) is 0 Å². The molecular formula is C10H24N2O2. The van der Waals surface area contributed by atoms with Crippen LogP contribution in [0.25, 0.3) is 0 Å². The molecule has 14 heavy (non-hydrogen) atoms. The van der Waals surface area contributed by atoms with Gasteiger partial charge in [-0.2, -0.15) is 0 Å². The molecule has 0 aliphatic heterocycles. The Morgan fingerprint density at radius 2 is 1.86 bits per heavy atom. The van der Waals surface area contributed by atoms with Crippen molar-refractivity contribution in [2.75, 3.05) is 54.5 Å². The maximum Gasteiger partial charge on any atom is 0.0679 e. The average Bonchev–Trinajstić information content (AvgIpc) is 2.11. The Kier molecular flexibility index (Phi) is 8.08. The summed E-state index contributed by atoms with van der Waals surface area (Å²) >= 11 is 0. The number of hydrogen-bond donors (Lipinski definition) is 1. The zero-order chi connectivity index (χ0) is 11.0. The third kappa shape index (κ3) is 8.44. The number of nitrogens with zero attached hydrogens (tertiary/aromatic N) is 2. The van der Waals surface area contributed by atoms with Crippen molar-refractivity contribution in [2.24, 2.45) is 0 Å². The molecule has 0 aliphatic carbocycles. The lowest BCUT2D eigenvalue weighted by Crippen LogP contribution is -2.33. The summed E-state index contributed by atoms with van der Waals surface area (Å²) in [4.78, 5) is 4.17. The van der Waals surface area contributed by atoms with Crippen LogP contribution in [0.4, 0.5) is 0 Å². The second-order valence-corrected chi connectivity index (χ2v) is 4.00. The van der Waals surface area contributed by atoms with E-state index >= 15 is 0 Å². The minimum Gasteiger partial charge on any atom is -0.392 e. The SMILES string of the molecule is COCCN(C)CC(O)CCN(C)C. The van der Waals surface area contributed by atoms with Crippen molar-refractivity contribution in [3.63, 3.8) is 0 Å². The summed E-state index contributed by atoms with van der Waals surface area (Å²) in [5.41, 5.74) is 0. The lowest BCUT2D eigenvalue weighted by Gasteiger charge is -2.21. The van der Waals surface area contributed by atoms with E-state index in [1.807, 2.05) is 21.1 Å². The number of hydrogen-bond acceptors (Lipinski definition) is 4. The highest BCUT2D eigenvalue weighted by Gasteiger charge is 2.07. The number of aliphatic hydroxyl groups is 1. The molecule has 0 aromatic rings. The maximum absolute atomic E-state index is 9.66. The van der Waals surface area contributed by atoms with Gasteiger partial charge in [0.1, 0.15) is 0 Å². The molecule has 0 rings (SSSR count). The first-order valence-electron chi connectivity index (χ1n) is 5.06. The molecule has 0 aromatic heterocycles. The maximum atomic E-state index is 9.66. The molecule has 0 heterocycles. The molecule has 0 bridgehead atoms. The van der Waals surface area contributed by atoms with E-state index in [4.69, 9.17) is 4.74 Å². The number of rotatable bonds is 8. The van der Waals surface area contributed by atoms with Gasteiger partial charge in [-0.3, -0.25) is 0 Å². The fourth-order valence-corrected chi connectivity index (χ4v) is 1.20. The average molecular weight is 204 g/mol. The summed E-state index contributed by atoms with van der Waals surface area (Å²) in [6.45, 7) is 3.24. The van der Waals surface area contributed by atoms with E-state index in [1.165, 1.54) is 0 Å². The van der Waals surface area contributed by atoms with Gasteiger partial charge in [-0.15, -0.1) is 0 Å². The van der Waals surface area contributed by atoms with E-state index in [1.54, 1.807) is 7.11 Å². The molecule has 0 radical (unpaired) electrons. The van der Waals surface area contributed by atoms with Gasteiger partial charge in [-0.05, 0) is 27.6 Å². The van der Waals surface area contributed by atoms with E-state index in [2.05, 4.69) is 9.80 Å². The van der Waals surface area contributed by atoms with Crippen molar-refractivity contribution >= 4 is 0 Å². The predicted molar refractivity (Wildman–Crippen MR) is 58.6 cm³/mol. The summed E-state index contributed by atoms with van der Waals surface area (Å²) < 4.78 is 4.96. The molecule has 4 nitrogen and oxygen atoms in total. The van der Waals surface area contributed by atoms with Gasteiger partial charge in [0.05, 0.1) is 12.7 Å². The molecule has 1 atom stereocenters. The molecule has 0 aromatic carbocycles. The van der Waals surface area contributed by atoms with Crippen LogP contribution in [0.3, 0.4) is 0 Å². The first-order valence-corrected chi connectivity index (χ1v) is 5.06. The highest BCUT2D eigenvalue weighted by atomic mass is 16.5. The monoisotopic (exact) mass is 204 g/mol. The summed E-state index contributed by atoms with van der Waals surface area (Å²) in [6.07, 6.45) is 0.587. The Morgan fingerprint density at radius 3 is 2.36 bits per heavy atom. The molecule has 1 N–H and O–H groups in total. The molecular weight excluding hydrogens is 180 g/mol. The van der Waals surface area contributed by atoms with Crippen molar-refractivity contribution in [2.45, 2.75) is 12.5 Å². The van der Waals surface area contributed by atoms with Crippen LogP contribution in [-0.2, 0) is 4.74 Å². The van der Waals surface area contributed by atoms with Crippen LogP contribution in [0.1, 0.15) is 6.42 Å². The van der Waals surface area contributed by atoms with E-state index in [0.29, 0.717) is 0 Å². The second-order valence-electron chi connectivity index (χ2n) is 4.00. The molecule has 0 saturated heterocycles. The normalized spacial score (nSPS) is 13.9. The number of ether oxygens (including phenoxy) is 1. The van der Waals surface area contributed by atoms with Crippen LogP contribution < -0.4 is 0 Å². The summed E-state index contributed by atoms with van der Waals surface area (Å²) in [5.74, 6) is 0. The third-order valence-electron chi connectivity index (χ3n) is 2.11. The van der Waals surface area contributed by atoms with Gasteiger partial charge < -0.3 is 19.6 Å². The van der Waals surface area contributed by atoms with Gasteiger partial charge in [0, 0.05) is 26.7 Å². The highest BCUT2D eigenvalue weighted by molar-refractivity contribution is 4.62. The standard InChI is InChI=1S/C10H24N2O2/c1-11(2)6-5-10(13)9-12(3)7-8-14-4/h10,13H,5-9H2,1-4H3. The Morgan fingerprint density at radius 1 is 1.21 bits per heavy atom. The molecule has 0 saturated carbocycles. The van der Waals surface area contributed by atoms with Crippen molar-refractivity contribution in [1.82, 2.24) is 9.80 Å². The van der Waals surface area contributed by atoms with Gasteiger partial charge in [0.15, 0.2) is 0 Å². The minimum absolute atomic E-state index is 0.237. The third-order valence-corrected chi connectivity index (χ3v) is 2.11. The van der Waals surface area contributed by atoms with Crippen molar-refractivity contribution in [3.05, 3.63) is 0 Å². The number of methoxy groups -OCH3 is 1. The highest BCUT2D eigenvalue weighted by Crippen LogP contribution is 1.96. The first-order chi connectivity index (χ1) is 6.56. The minimum atomic E-state index is -0.237. The largest absolute Gasteiger partial charge is 0.392 e. The predicted octanol–water partition coefficient (Wildman–Crippen LogP) is -0.123. The topological polar surface area (TPSA) is 35.9 Å². The van der Waals surface area contributed by atoms with E-state index in [-0.39, 0.29) is 6.10 Å². The van der Waals surface area contributed by atoms with E-state index in [0.717, 1.165) is 32.7 Å². The van der Waals surface area contributed by atoms with E-state index < -0.39 is 0 Å². The summed E-state index contributed by atoms with van der Waals surface area (Å²) in [7, 11) is 7.72.